The topological polar surface area (TPSA) is 63.8 Å². The first-order valence-electron chi connectivity index (χ1n) is 6.96. The SMILES string of the molecule is Cc1cc(C(C)C)nc(NCc2cccc(CN)c2)n1. The molecule has 0 aliphatic carbocycles. The van der Waals surface area contributed by atoms with Gasteiger partial charge in [0.2, 0.25) is 5.95 Å². The third kappa shape index (κ3) is 3.78. The molecule has 0 radical (unpaired) electrons. The smallest absolute Gasteiger partial charge is 0.223 e. The summed E-state index contributed by atoms with van der Waals surface area (Å²) in [6.45, 7) is 7.53. The van der Waals surface area contributed by atoms with Gasteiger partial charge in [-0.05, 0) is 30.0 Å². The van der Waals surface area contributed by atoms with Crippen LogP contribution in [0.25, 0.3) is 0 Å². The number of hydrogen-bond acceptors (Lipinski definition) is 4. The number of anilines is 1. The van der Waals surface area contributed by atoms with Crippen LogP contribution in [0.1, 0.15) is 42.3 Å². The summed E-state index contributed by atoms with van der Waals surface area (Å²) in [6.07, 6.45) is 0. The van der Waals surface area contributed by atoms with Crippen molar-refractivity contribution in [1.29, 1.82) is 0 Å². The van der Waals surface area contributed by atoms with Gasteiger partial charge in [-0.3, -0.25) is 0 Å². The average molecular weight is 270 g/mol. The minimum Gasteiger partial charge on any atom is -0.350 e. The van der Waals surface area contributed by atoms with Gasteiger partial charge in [0.25, 0.3) is 0 Å². The molecule has 1 heterocycles. The molecule has 2 aromatic rings. The van der Waals surface area contributed by atoms with Crippen LogP contribution in [0.5, 0.6) is 0 Å². The molecule has 0 aliphatic rings. The van der Waals surface area contributed by atoms with Gasteiger partial charge in [-0.15, -0.1) is 0 Å². The lowest BCUT2D eigenvalue weighted by Gasteiger charge is -2.10. The molecular weight excluding hydrogens is 248 g/mol. The van der Waals surface area contributed by atoms with Gasteiger partial charge in [0, 0.05) is 24.5 Å². The van der Waals surface area contributed by atoms with Crippen molar-refractivity contribution < 1.29 is 0 Å². The molecule has 0 fully saturated rings. The zero-order valence-corrected chi connectivity index (χ0v) is 12.4. The number of rotatable bonds is 5. The number of benzene rings is 1. The van der Waals surface area contributed by atoms with Gasteiger partial charge in [0.05, 0.1) is 0 Å². The highest BCUT2D eigenvalue weighted by Gasteiger charge is 2.05. The molecule has 0 bridgehead atoms. The van der Waals surface area contributed by atoms with Crippen molar-refractivity contribution in [3.63, 3.8) is 0 Å². The van der Waals surface area contributed by atoms with E-state index in [1.807, 2.05) is 25.1 Å². The second-order valence-corrected chi connectivity index (χ2v) is 5.29. The lowest BCUT2D eigenvalue weighted by atomic mass is 10.1. The van der Waals surface area contributed by atoms with Gasteiger partial charge in [0.15, 0.2) is 0 Å². The molecule has 0 unspecified atom stereocenters. The Morgan fingerprint density at radius 2 is 1.90 bits per heavy atom. The molecule has 20 heavy (non-hydrogen) atoms. The molecule has 0 saturated carbocycles. The molecule has 0 amide bonds. The summed E-state index contributed by atoms with van der Waals surface area (Å²) in [4.78, 5) is 8.97. The van der Waals surface area contributed by atoms with Crippen molar-refractivity contribution in [3.05, 3.63) is 52.8 Å². The molecular formula is C16H22N4. The Hall–Kier alpha value is -1.94. The molecule has 4 heteroatoms. The van der Waals surface area contributed by atoms with E-state index in [0.29, 0.717) is 25.0 Å². The fourth-order valence-corrected chi connectivity index (χ4v) is 2.02. The predicted octanol–water partition coefficient (Wildman–Crippen LogP) is 2.98. The van der Waals surface area contributed by atoms with Crippen LogP contribution in [-0.4, -0.2) is 9.97 Å². The van der Waals surface area contributed by atoms with Gasteiger partial charge in [-0.1, -0.05) is 38.1 Å². The molecule has 2 rings (SSSR count). The molecule has 1 aromatic carbocycles. The van der Waals surface area contributed by atoms with Crippen molar-refractivity contribution in [2.75, 3.05) is 5.32 Å². The Labute approximate surface area is 120 Å². The minimum absolute atomic E-state index is 0.401. The summed E-state index contributed by atoms with van der Waals surface area (Å²) in [7, 11) is 0. The van der Waals surface area contributed by atoms with Gasteiger partial charge >= 0.3 is 0 Å². The van der Waals surface area contributed by atoms with Crippen molar-refractivity contribution in [1.82, 2.24) is 9.97 Å². The van der Waals surface area contributed by atoms with E-state index < -0.39 is 0 Å². The second kappa shape index (κ2) is 6.48. The summed E-state index contributed by atoms with van der Waals surface area (Å²) in [6, 6.07) is 10.3. The second-order valence-electron chi connectivity index (χ2n) is 5.29. The summed E-state index contributed by atoms with van der Waals surface area (Å²) in [5.41, 5.74) is 10.0. The van der Waals surface area contributed by atoms with Crippen molar-refractivity contribution in [2.45, 2.75) is 39.8 Å². The van der Waals surface area contributed by atoms with Crippen molar-refractivity contribution >= 4 is 5.95 Å². The van der Waals surface area contributed by atoms with E-state index in [9.17, 15) is 0 Å². The van der Waals surface area contributed by atoms with Crippen LogP contribution in [0, 0.1) is 6.92 Å². The Morgan fingerprint density at radius 3 is 2.60 bits per heavy atom. The average Bonchev–Trinajstić information content (AvgIpc) is 2.44. The normalized spacial score (nSPS) is 10.8. The highest BCUT2D eigenvalue weighted by molar-refractivity contribution is 5.32. The van der Waals surface area contributed by atoms with Gasteiger partial charge < -0.3 is 11.1 Å². The Bertz CT molecular complexity index is 578. The maximum absolute atomic E-state index is 5.65. The van der Waals surface area contributed by atoms with Crippen molar-refractivity contribution in [2.24, 2.45) is 5.73 Å². The summed E-state index contributed by atoms with van der Waals surface area (Å²) >= 11 is 0. The van der Waals surface area contributed by atoms with E-state index in [0.717, 1.165) is 17.0 Å². The van der Waals surface area contributed by atoms with Crippen LogP contribution in [0.3, 0.4) is 0 Å². The first kappa shape index (κ1) is 14.5. The lowest BCUT2D eigenvalue weighted by Crippen LogP contribution is -2.07. The van der Waals surface area contributed by atoms with Gasteiger partial charge in [-0.2, -0.15) is 0 Å². The number of nitrogens with zero attached hydrogens (tertiary/aromatic N) is 2. The number of nitrogens with one attached hydrogen (secondary N) is 1. The predicted molar refractivity (Wildman–Crippen MR) is 82.5 cm³/mol. The van der Waals surface area contributed by atoms with E-state index >= 15 is 0 Å². The molecule has 0 atom stereocenters. The zero-order valence-electron chi connectivity index (χ0n) is 12.4. The molecule has 0 aliphatic heterocycles. The van der Waals surface area contributed by atoms with Gasteiger partial charge in [0.1, 0.15) is 0 Å². The fourth-order valence-electron chi connectivity index (χ4n) is 2.02. The maximum atomic E-state index is 5.65. The Morgan fingerprint density at radius 1 is 1.15 bits per heavy atom. The van der Waals surface area contributed by atoms with E-state index in [4.69, 9.17) is 5.73 Å². The number of hydrogen-bond donors (Lipinski definition) is 2. The molecule has 1 aromatic heterocycles. The van der Waals surface area contributed by atoms with Crippen LogP contribution < -0.4 is 11.1 Å². The first-order chi connectivity index (χ1) is 9.58. The molecule has 0 spiro atoms. The summed E-state index contributed by atoms with van der Waals surface area (Å²) in [5, 5.41) is 3.29. The van der Waals surface area contributed by atoms with Crippen molar-refractivity contribution in [3.8, 4) is 0 Å². The highest BCUT2D eigenvalue weighted by atomic mass is 15.1. The third-order valence-corrected chi connectivity index (χ3v) is 3.14. The van der Waals surface area contributed by atoms with E-state index in [2.05, 4.69) is 41.3 Å². The summed E-state index contributed by atoms with van der Waals surface area (Å²) < 4.78 is 0. The van der Waals surface area contributed by atoms with Crippen LogP contribution in [0.15, 0.2) is 30.3 Å². The monoisotopic (exact) mass is 270 g/mol. The first-order valence-corrected chi connectivity index (χ1v) is 6.96. The lowest BCUT2D eigenvalue weighted by molar-refractivity contribution is 0.808. The summed E-state index contributed by atoms with van der Waals surface area (Å²) in [5.74, 6) is 1.09. The van der Waals surface area contributed by atoms with E-state index in [1.54, 1.807) is 0 Å². The van der Waals surface area contributed by atoms with Crippen LogP contribution in [-0.2, 0) is 13.1 Å². The Balaban J connectivity index is 2.10. The molecule has 4 nitrogen and oxygen atoms in total. The minimum atomic E-state index is 0.401. The van der Waals surface area contributed by atoms with Crippen LogP contribution in [0.4, 0.5) is 5.95 Å². The third-order valence-electron chi connectivity index (χ3n) is 3.14. The Kier molecular flexibility index (Phi) is 4.69. The van der Waals surface area contributed by atoms with Crippen LogP contribution >= 0.6 is 0 Å². The van der Waals surface area contributed by atoms with E-state index in [1.165, 1.54) is 5.56 Å². The molecule has 3 N–H and O–H groups in total. The maximum Gasteiger partial charge on any atom is 0.223 e. The molecule has 106 valence electrons. The van der Waals surface area contributed by atoms with Gasteiger partial charge in [-0.25, -0.2) is 9.97 Å². The largest absolute Gasteiger partial charge is 0.350 e. The standard InChI is InChI=1S/C16H22N4/c1-11(2)15-7-12(3)19-16(20-15)18-10-14-6-4-5-13(8-14)9-17/h4-8,11H,9-10,17H2,1-3H3,(H,18,19,20). The zero-order chi connectivity index (χ0) is 14.5. The van der Waals surface area contributed by atoms with E-state index in [-0.39, 0.29) is 0 Å². The fraction of sp³-hybridized carbons (Fsp3) is 0.375. The number of aryl methyl sites for hydroxylation is 1. The quantitative estimate of drug-likeness (QED) is 0.876. The number of nitrogens with two attached hydrogens (primary N) is 1. The number of aromatic nitrogens is 2. The highest BCUT2D eigenvalue weighted by Crippen LogP contribution is 2.15. The molecule has 0 saturated heterocycles. The van der Waals surface area contributed by atoms with Crippen LogP contribution in [0.2, 0.25) is 0 Å².